The van der Waals surface area contributed by atoms with Crippen LogP contribution in [0.1, 0.15) is 17.5 Å². The number of thioether (sulfide) groups is 1. The molecule has 11 heteroatoms. The van der Waals surface area contributed by atoms with Crippen LogP contribution in [0.25, 0.3) is 0 Å². The predicted octanol–water partition coefficient (Wildman–Crippen LogP) is -0.602. The molecule has 0 unspecified atom stereocenters. The molecule has 26 heavy (non-hydrogen) atoms. The number of aliphatic hydroxyl groups excluding tert-OH is 5. The SMILES string of the molecule is OC[C@@H](O)[C@@H](O)[C@H](O)[C@@H](O)c1nnc2n1N=C(c1ccc(Cl)cc1)CS2. The number of aliphatic hydroxyl groups is 5. The lowest BCUT2D eigenvalue weighted by atomic mass is 10.0. The Kier molecular flexibility index (Phi) is 5.92. The van der Waals surface area contributed by atoms with Crippen molar-refractivity contribution in [1.82, 2.24) is 14.9 Å². The molecule has 140 valence electrons. The lowest BCUT2D eigenvalue weighted by molar-refractivity contribution is -0.118. The predicted molar refractivity (Wildman–Crippen MR) is 94.2 cm³/mol. The number of fused-ring (bicyclic) bond motifs is 1. The number of benzene rings is 1. The lowest BCUT2D eigenvalue weighted by Crippen LogP contribution is -2.43. The van der Waals surface area contributed by atoms with Gasteiger partial charge in [-0.2, -0.15) is 9.78 Å². The van der Waals surface area contributed by atoms with Gasteiger partial charge in [0.2, 0.25) is 5.16 Å². The standard InChI is InChI=1S/C15H17ClN4O5S/c16-8-3-1-7(2-4-8)9-6-26-15-18-17-14(20(15)19-9)13(25)12(24)11(23)10(22)5-21/h1-4,10-13,21-25H,5-6H2/t10-,11-,12+,13-/m1/s1. The van der Waals surface area contributed by atoms with Gasteiger partial charge in [-0.1, -0.05) is 35.5 Å². The maximum Gasteiger partial charge on any atom is 0.212 e. The summed E-state index contributed by atoms with van der Waals surface area (Å²) in [5.41, 5.74) is 1.52. The van der Waals surface area contributed by atoms with Crippen molar-refractivity contribution >= 4 is 29.1 Å². The maximum absolute atomic E-state index is 10.3. The molecule has 0 radical (unpaired) electrons. The van der Waals surface area contributed by atoms with Crippen LogP contribution in [0.15, 0.2) is 34.5 Å². The monoisotopic (exact) mass is 400 g/mol. The van der Waals surface area contributed by atoms with Crippen molar-refractivity contribution in [3.05, 3.63) is 40.7 Å². The van der Waals surface area contributed by atoms with E-state index in [1.165, 1.54) is 16.4 Å². The summed E-state index contributed by atoms with van der Waals surface area (Å²) in [4.78, 5) is 0. The molecule has 2 heterocycles. The van der Waals surface area contributed by atoms with Crippen molar-refractivity contribution in [3.63, 3.8) is 0 Å². The number of hydrogen-bond donors (Lipinski definition) is 5. The Morgan fingerprint density at radius 1 is 1.08 bits per heavy atom. The van der Waals surface area contributed by atoms with Crippen LogP contribution in [0.2, 0.25) is 5.02 Å². The molecule has 1 aliphatic heterocycles. The Morgan fingerprint density at radius 3 is 2.42 bits per heavy atom. The van der Waals surface area contributed by atoms with Crippen LogP contribution in [0.4, 0.5) is 0 Å². The van der Waals surface area contributed by atoms with Gasteiger partial charge in [-0.25, -0.2) is 0 Å². The molecule has 4 atom stereocenters. The minimum absolute atomic E-state index is 0.0876. The Morgan fingerprint density at radius 2 is 1.77 bits per heavy atom. The van der Waals surface area contributed by atoms with Crippen LogP contribution < -0.4 is 0 Å². The Hall–Kier alpha value is -1.53. The van der Waals surface area contributed by atoms with Crippen LogP contribution >= 0.6 is 23.4 Å². The zero-order valence-corrected chi connectivity index (χ0v) is 14.9. The zero-order chi connectivity index (χ0) is 18.8. The fourth-order valence-electron chi connectivity index (χ4n) is 2.39. The summed E-state index contributed by atoms with van der Waals surface area (Å²) >= 11 is 7.24. The summed E-state index contributed by atoms with van der Waals surface area (Å²) in [6.07, 6.45) is -6.82. The maximum atomic E-state index is 10.3. The second kappa shape index (κ2) is 8.01. The molecule has 0 bridgehead atoms. The molecular weight excluding hydrogens is 384 g/mol. The van der Waals surface area contributed by atoms with Crippen molar-refractivity contribution in [2.75, 3.05) is 12.4 Å². The molecular formula is C15H17ClN4O5S. The molecule has 0 saturated carbocycles. The third-order valence-corrected chi connectivity index (χ3v) is 5.07. The van der Waals surface area contributed by atoms with Crippen molar-refractivity contribution in [3.8, 4) is 0 Å². The summed E-state index contributed by atoms with van der Waals surface area (Å²) in [6.45, 7) is -0.766. The normalized spacial score (nSPS) is 18.6. The quantitative estimate of drug-likeness (QED) is 0.432. The van der Waals surface area contributed by atoms with E-state index in [9.17, 15) is 20.4 Å². The molecule has 0 amide bonds. The van der Waals surface area contributed by atoms with E-state index < -0.39 is 31.0 Å². The van der Waals surface area contributed by atoms with Crippen LogP contribution in [0.3, 0.4) is 0 Å². The first-order chi connectivity index (χ1) is 12.4. The summed E-state index contributed by atoms with van der Waals surface area (Å²) in [5.74, 6) is 0.444. The lowest BCUT2D eigenvalue weighted by Gasteiger charge is -2.25. The Bertz CT molecular complexity index is 800. The van der Waals surface area contributed by atoms with Crippen LogP contribution in [0, 0.1) is 0 Å². The van der Waals surface area contributed by atoms with Crippen LogP contribution in [-0.2, 0) is 0 Å². The zero-order valence-electron chi connectivity index (χ0n) is 13.3. The fraction of sp³-hybridized carbons (Fsp3) is 0.400. The van der Waals surface area contributed by atoms with Crippen molar-refractivity contribution in [2.24, 2.45) is 5.10 Å². The van der Waals surface area contributed by atoms with Crippen molar-refractivity contribution in [1.29, 1.82) is 0 Å². The highest BCUT2D eigenvalue weighted by Gasteiger charge is 2.35. The van der Waals surface area contributed by atoms with Gasteiger partial charge in [-0.15, -0.1) is 10.2 Å². The van der Waals surface area contributed by atoms with Gasteiger partial charge in [0, 0.05) is 10.8 Å². The number of aromatic nitrogens is 3. The van der Waals surface area contributed by atoms with Gasteiger partial charge in [0.15, 0.2) is 5.82 Å². The molecule has 1 aromatic carbocycles. The summed E-state index contributed by atoms with van der Waals surface area (Å²) in [7, 11) is 0. The van der Waals surface area contributed by atoms with Gasteiger partial charge in [0.05, 0.1) is 12.3 Å². The molecule has 0 saturated heterocycles. The van der Waals surface area contributed by atoms with E-state index in [1.54, 1.807) is 12.1 Å². The van der Waals surface area contributed by atoms with E-state index in [-0.39, 0.29) is 5.82 Å². The second-order valence-corrected chi connectivity index (χ2v) is 7.05. The van der Waals surface area contributed by atoms with Gasteiger partial charge in [0.1, 0.15) is 24.4 Å². The third-order valence-electron chi connectivity index (χ3n) is 3.89. The largest absolute Gasteiger partial charge is 0.394 e. The fourth-order valence-corrected chi connectivity index (χ4v) is 3.36. The molecule has 5 N–H and O–H groups in total. The van der Waals surface area contributed by atoms with Gasteiger partial charge in [0.25, 0.3) is 0 Å². The minimum atomic E-state index is -1.79. The number of nitrogens with zero attached hydrogens (tertiary/aromatic N) is 4. The van der Waals surface area contributed by atoms with E-state index in [0.717, 1.165) is 5.56 Å². The highest BCUT2D eigenvalue weighted by atomic mass is 35.5. The van der Waals surface area contributed by atoms with E-state index in [0.29, 0.717) is 21.6 Å². The smallest absolute Gasteiger partial charge is 0.212 e. The van der Waals surface area contributed by atoms with Gasteiger partial charge in [-0.3, -0.25) is 0 Å². The van der Waals surface area contributed by atoms with Gasteiger partial charge >= 0.3 is 0 Å². The van der Waals surface area contributed by atoms with Crippen molar-refractivity contribution < 1.29 is 25.5 Å². The minimum Gasteiger partial charge on any atom is -0.394 e. The number of halogens is 1. The average molecular weight is 401 g/mol. The summed E-state index contributed by atoms with van der Waals surface area (Å²) in [5, 5.41) is 61.6. The first-order valence-electron chi connectivity index (χ1n) is 7.67. The van der Waals surface area contributed by atoms with Crippen LogP contribution in [-0.4, -0.2) is 76.8 Å². The highest BCUT2D eigenvalue weighted by Crippen LogP contribution is 2.28. The molecule has 0 spiro atoms. The van der Waals surface area contributed by atoms with E-state index in [1.807, 2.05) is 12.1 Å². The first kappa shape index (κ1) is 19.2. The molecule has 1 aromatic heterocycles. The number of rotatable bonds is 6. The van der Waals surface area contributed by atoms with Crippen molar-refractivity contribution in [2.45, 2.75) is 29.6 Å². The number of hydrogen-bond acceptors (Lipinski definition) is 9. The highest BCUT2D eigenvalue weighted by molar-refractivity contribution is 7.99. The first-order valence-corrected chi connectivity index (χ1v) is 9.03. The van der Waals surface area contributed by atoms with Gasteiger partial charge in [-0.05, 0) is 17.7 Å². The molecule has 2 aromatic rings. The molecule has 9 nitrogen and oxygen atoms in total. The average Bonchev–Trinajstić information content (AvgIpc) is 3.09. The van der Waals surface area contributed by atoms with E-state index >= 15 is 0 Å². The van der Waals surface area contributed by atoms with E-state index in [2.05, 4.69) is 15.3 Å². The third kappa shape index (κ3) is 3.76. The molecule has 0 aliphatic carbocycles. The summed E-state index contributed by atoms with van der Waals surface area (Å²) in [6, 6.07) is 7.09. The topological polar surface area (TPSA) is 144 Å². The van der Waals surface area contributed by atoms with Gasteiger partial charge < -0.3 is 25.5 Å². The van der Waals surface area contributed by atoms with E-state index in [4.69, 9.17) is 16.7 Å². The molecule has 3 rings (SSSR count). The summed E-state index contributed by atoms with van der Waals surface area (Å²) < 4.78 is 1.28. The Labute approximate surface area is 157 Å². The second-order valence-electron chi connectivity index (χ2n) is 5.67. The Balaban J connectivity index is 1.89. The molecule has 0 fully saturated rings. The molecule has 1 aliphatic rings. The van der Waals surface area contributed by atoms with Crippen LogP contribution in [0.5, 0.6) is 0 Å².